The summed E-state index contributed by atoms with van der Waals surface area (Å²) in [6.45, 7) is 3.57. The van der Waals surface area contributed by atoms with Crippen LogP contribution < -0.4 is 4.90 Å². The van der Waals surface area contributed by atoms with Crippen molar-refractivity contribution in [2.24, 2.45) is 0 Å². The van der Waals surface area contributed by atoms with Gasteiger partial charge in [0.1, 0.15) is 0 Å². The molecule has 3 nitrogen and oxygen atoms in total. The molecule has 2 aromatic rings. The second kappa shape index (κ2) is 9.07. The van der Waals surface area contributed by atoms with Crippen LogP contribution in [0.5, 0.6) is 0 Å². The van der Waals surface area contributed by atoms with Crippen LogP contribution in [0.1, 0.15) is 36.8 Å². The number of esters is 1. The van der Waals surface area contributed by atoms with Crippen LogP contribution in [-0.4, -0.2) is 25.7 Å². The second-order valence-electron chi connectivity index (χ2n) is 6.67. The van der Waals surface area contributed by atoms with E-state index in [1.54, 1.807) is 19.1 Å². The average Bonchev–Trinajstić information content (AvgIpc) is 2.67. The lowest BCUT2D eigenvalue weighted by Gasteiger charge is -2.34. The molecule has 1 fully saturated rings. The minimum absolute atomic E-state index is 0.00980. The Kier molecular flexibility index (Phi) is 6.77. The monoisotopic (exact) mass is 453 g/mol. The van der Waals surface area contributed by atoms with Gasteiger partial charge in [0, 0.05) is 17.6 Å². The Morgan fingerprint density at radius 3 is 2.52 bits per heavy atom. The molecule has 1 heterocycles. The van der Waals surface area contributed by atoms with Gasteiger partial charge in [-0.1, -0.05) is 45.7 Å². The smallest absolute Gasteiger partial charge is 0.310 e. The number of hydrogen-bond donors (Lipinski definition) is 0. The van der Waals surface area contributed by atoms with Crippen molar-refractivity contribution in [2.75, 3.05) is 24.6 Å². The highest BCUT2D eigenvalue weighted by Gasteiger charge is 2.24. The van der Waals surface area contributed by atoms with Crippen molar-refractivity contribution < 1.29 is 13.9 Å². The molecule has 27 heavy (non-hydrogen) atoms. The van der Waals surface area contributed by atoms with Gasteiger partial charge in [-0.05, 0) is 55.0 Å². The Bertz CT molecular complexity index is 805. The van der Waals surface area contributed by atoms with E-state index in [1.807, 2.05) is 4.90 Å². The lowest BCUT2D eigenvalue weighted by Crippen LogP contribution is -2.33. The first-order chi connectivity index (χ1) is 13.0. The van der Waals surface area contributed by atoms with E-state index in [2.05, 4.69) is 40.2 Å². The van der Waals surface area contributed by atoms with Crippen molar-refractivity contribution in [3.63, 3.8) is 0 Å². The summed E-state index contributed by atoms with van der Waals surface area (Å²) in [5.74, 6) is -0.376. The standard InChI is InChI=1S/C21H22BrClFNO2/c1-2-27-19(26)13-16-5-8-18(21(24)20(16)23)25-11-9-15(10-12-25)14-3-6-17(22)7-4-14/h3-8,15H,2,9-13H2,1H3. The summed E-state index contributed by atoms with van der Waals surface area (Å²) in [7, 11) is 0. The summed E-state index contributed by atoms with van der Waals surface area (Å²) in [4.78, 5) is 13.7. The first-order valence-corrected chi connectivity index (χ1v) is 10.3. The highest BCUT2D eigenvalue weighted by molar-refractivity contribution is 9.10. The van der Waals surface area contributed by atoms with Crippen molar-refractivity contribution in [3.05, 3.63) is 62.8 Å². The number of carbonyl (C=O) groups excluding carboxylic acids is 1. The summed E-state index contributed by atoms with van der Waals surface area (Å²) in [6, 6.07) is 11.8. The SMILES string of the molecule is CCOC(=O)Cc1ccc(N2CCC(c3ccc(Br)cc3)CC2)c(F)c1Cl. The van der Waals surface area contributed by atoms with Crippen LogP contribution in [0.2, 0.25) is 5.02 Å². The third kappa shape index (κ3) is 4.82. The van der Waals surface area contributed by atoms with Gasteiger partial charge in [0.2, 0.25) is 0 Å². The molecule has 0 N–H and O–H groups in total. The van der Waals surface area contributed by atoms with E-state index < -0.39 is 11.8 Å². The van der Waals surface area contributed by atoms with Gasteiger partial charge in [0.25, 0.3) is 0 Å². The van der Waals surface area contributed by atoms with Gasteiger partial charge in [0.15, 0.2) is 5.82 Å². The molecule has 0 aliphatic carbocycles. The largest absolute Gasteiger partial charge is 0.466 e. The van der Waals surface area contributed by atoms with Crippen LogP contribution in [0.25, 0.3) is 0 Å². The Morgan fingerprint density at radius 2 is 1.89 bits per heavy atom. The predicted molar refractivity (Wildman–Crippen MR) is 110 cm³/mol. The molecule has 0 amide bonds. The highest BCUT2D eigenvalue weighted by atomic mass is 79.9. The molecule has 0 spiro atoms. The maximum Gasteiger partial charge on any atom is 0.310 e. The molecule has 1 aliphatic heterocycles. The number of piperidine rings is 1. The van der Waals surface area contributed by atoms with E-state index in [1.165, 1.54) is 5.56 Å². The molecular weight excluding hydrogens is 433 g/mol. The van der Waals surface area contributed by atoms with Crippen LogP contribution in [0.3, 0.4) is 0 Å². The molecule has 0 radical (unpaired) electrons. The molecule has 1 saturated heterocycles. The number of carbonyl (C=O) groups is 1. The quantitative estimate of drug-likeness (QED) is 0.540. The van der Waals surface area contributed by atoms with Crippen molar-refractivity contribution in [1.82, 2.24) is 0 Å². The molecule has 0 atom stereocenters. The molecule has 0 saturated carbocycles. The second-order valence-corrected chi connectivity index (χ2v) is 7.96. The maximum atomic E-state index is 14.8. The summed E-state index contributed by atoms with van der Waals surface area (Å²) in [6.07, 6.45) is 1.90. The van der Waals surface area contributed by atoms with Gasteiger partial charge in [0.05, 0.1) is 23.7 Å². The van der Waals surface area contributed by atoms with Crippen LogP contribution in [0.15, 0.2) is 40.9 Å². The van der Waals surface area contributed by atoms with Crippen LogP contribution >= 0.6 is 27.5 Å². The summed E-state index contributed by atoms with van der Waals surface area (Å²) in [5, 5.41) is 0.00980. The molecule has 2 aromatic carbocycles. The summed E-state index contributed by atoms with van der Waals surface area (Å²) >= 11 is 9.65. The Labute approximate surface area is 172 Å². The fraction of sp³-hybridized carbons (Fsp3) is 0.381. The van der Waals surface area contributed by atoms with Gasteiger partial charge in [-0.25, -0.2) is 4.39 Å². The number of rotatable bonds is 5. The van der Waals surface area contributed by atoms with Crippen molar-refractivity contribution in [3.8, 4) is 0 Å². The Balaban J connectivity index is 1.68. The van der Waals surface area contributed by atoms with Gasteiger partial charge in [-0.2, -0.15) is 0 Å². The average molecular weight is 455 g/mol. The molecular formula is C21H22BrClFNO2. The lowest BCUT2D eigenvalue weighted by atomic mass is 9.89. The number of halogens is 3. The van der Waals surface area contributed by atoms with E-state index in [0.29, 0.717) is 23.8 Å². The zero-order valence-electron chi connectivity index (χ0n) is 15.2. The third-order valence-corrected chi connectivity index (χ3v) is 5.90. The highest BCUT2D eigenvalue weighted by Crippen LogP contribution is 2.35. The Hall–Kier alpha value is -1.59. The van der Waals surface area contributed by atoms with Gasteiger partial charge < -0.3 is 9.64 Å². The normalized spacial score (nSPS) is 15.0. The minimum atomic E-state index is -0.458. The maximum absolute atomic E-state index is 14.8. The molecule has 0 aromatic heterocycles. The first-order valence-electron chi connectivity index (χ1n) is 9.12. The summed E-state index contributed by atoms with van der Waals surface area (Å²) in [5.41, 5.74) is 2.28. The predicted octanol–water partition coefficient (Wildman–Crippen LogP) is 5.73. The molecule has 0 unspecified atom stereocenters. The van der Waals surface area contributed by atoms with Crippen molar-refractivity contribution in [2.45, 2.75) is 32.1 Å². The molecule has 0 bridgehead atoms. The van der Waals surface area contributed by atoms with E-state index >= 15 is 0 Å². The van der Waals surface area contributed by atoms with Crippen LogP contribution in [0.4, 0.5) is 10.1 Å². The minimum Gasteiger partial charge on any atom is -0.466 e. The third-order valence-electron chi connectivity index (χ3n) is 4.96. The van der Waals surface area contributed by atoms with Gasteiger partial charge in [-0.15, -0.1) is 0 Å². The van der Waals surface area contributed by atoms with E-state index in [9.17, 15) is 9.18 Å². The molecule has 1 aliphatic rings. The van der Waals surface area contributed by atoms with Crippen LogP contribution in [0, 0.1) is 5.82 Å². The number of benzene rings is 2. The molecule has 144 valence electrons. The number of hydrogen-bond acceptors (Lipinski definition) is 3. The zero-order valence-corrected chi connectivity index (χ0v) is 17.5. The Morgan fingerprint density at radius 1 is 1.22 bits per heavy atom. The fourth-order valence-corrected chi connectivity index (χ4v) is 4.01. The first kappa shape index (κ1) is 20.2. The van der Waals surface area contributed by atoms with Crippen molar-refractivity contribution >= 4 is 39.2 Å². The topological polar surface area (TPSA) is 29.5 Å². The molecule has 3 rings (SSSR count). The summed E-state index contributed by atoms with van der Waals surface area (Å²) < 4.78 is 20.8. The van der Waals surface area contributed by atoms with Crippen LogP contribution in [-0.2, 0) is 16.0 Å². The lowest BCUT2D eigenvalue weighted by molar-refractivity contribution is -0.142. The number of ether oxygens (including phenoxy) is 1. The zero-order chi connectivity index (χ0) is 19.4. The van der Waals surface area contributed by atoms with Crippen molar-refractivity contribution in [1.29, 1.82) is 0 Å². The number of anilines is 1. The van der Waals surface area contributed by atoms with E-state index in [-0.39, 0.29) is 11.4 Å². The van der Waals surface area contributed by atoms with E-state index in [4.69, 9.17) is 16.3 Å². The van der Waals surface area contributed by atoms with Gasteiger partial charge in [-0.3, -0.25) is 4.79 Å². The van der Waals surface area contributed by atoms with Gasteiger partial charge >= 0.3 is 5.97 Å². The fourth-order valence-electron chi connectivity index (χ4n) is 3.52. The molecule has 6 heteroatoms. The number of nitrogens with zero attached hydrogens (tertiary/aromatic N) is 1. The van der Waals surface area contributed by atoms with E-state index in [0.717, 1.165) is 30.4 Å².